The lowest BCUT2D eigenvalue weighted by Gasteiger charge is -2.31. The van der Waals surface area contributed by atoms with E-state index in [4.69, 9.17) is 0 Å². The molecule has 0 saturated carbocycles. The van der Waals surface area contributed by atoms with E-state index >= 15 is 0 Å². The Hall–Kier alpha value is -3.90. The van der Waals surface area contributed by atoms with Crippen molar-refractivity contribution >= 4 is 23.6 Å². The lowest BCUT2D eigenvalue weighted by Crippen LogP contribution is -2.53. The summed E-state index contributed by atoms with van der Waals surface area (Å²) in [7, 11) is 3.12. The number of hydrogen-bond acceptors (Lipinski definition) is 6. The van der Waals surface area contributed by atoms with Crippen LogP contribution in [-0.2, 0) is 11.2 Å². The van der Waals surface area contributed by atoms with Gasteiger partial charge in [-0.2, -0.15) is 0 Å². The normalized spacial score (nSPS) is 12.5. The van der Waals surface area contributed by atoms with E-state index in [2.05, 4.69) is 10.7 Å². The number of rotatable bonds is 19. The van der Waals surface area contributed by atoms with Gasteiger partial charge in [0, 0.05) is 69.5 Å². The van der Waals surface area contributed by atoms with Crippen LogP contribution in [0.1, 0.15) is 103 Å². The molecule has 0 aliphatic carbocycles. The van der Waals surface area contributed by atoms with Crippen molar-refractivity contribution in [2.75, 3.05) is 40.3 Å². The minimum Gasteiger partial charge on any atom is -0.390 e. The molecule has 48 heavy (non-hydrogen) atoms. The zero-order valence-corrected chi connectivity index (χ0v) is 29.4. The van der Waals surface area contributed by atoms with Gasteiger partial charge < -0.3 is 20.2 Å². The first kappa shape index (κ1) is 40.3. The number of nitrogens with zero attached hydrogens (tertiary/aromatic N) is 3. The van der Waals surface area contributed by atoms with Gasteiger partial charge >= 0.3 is 0 Å². The van der Waals surface area contributed by atoms with E-state index in [9.17, 15) is 33.1 Å². The molecule has 0 bridgehead atoms. The van der Waals surface area contributed by atoms with E-state index in [1.165, 1.54) is 23.1 Å². The maximum absolute atomic E-state index is 14.2. The van der Waals surface area contributed by atoms with Crippen LogP contribution in [0.15, 0.2) is 36.4 Å². The van der Waals surface area contributed by atoms with Crippen LogP contribution in [0.3, 0.4) is 0 Å². The number of benzene rings is 2. The summed E-state index contributed by atoms with van der Waals surface area (Å²) in [5.74, 6) is -3.15. The first-order valence-electron chi connectivity index (χ1n) is 16.8. The van der Waals surface area contributed by atoms with Gasteiger partial charge in [0.2, 0.25) is 5.91 Å². The van der Waals surface area contributed by atoms with E-state index in [-0.39, 0.29) is 59.4 Å². The average molecular weight is 674 g/mol. The smallest absolute Gasteiger partial charge is 0.253 e. The molecule has 3 N–H and O–H groups in total. The summed E-state index contributed by atoms with van der Waals surface area (Å²) in [6.45, 7) is 11.1. The van der Waals surface area contributed by atoms with Crippen molar-refractivity contribution in [3.8, 4) is 0 Å². The average Bonchev–Trinajstić information content (AvgIpc) is 3.01. The largest absolute Gasteiger partial charge is 0.390 e. The Morgan fingerprint density at radius 3 is 1.88 bits per heavy atom. The predicted octanol–water partition coefficient (Wildman–Crippen LogP) is 4.81. The molecule has 0 aliphatic heterocycles. The number of carbonyl (C=O) groups excluding carboxylic acids is 4. The van der Waals surface area contributed by atoms with Crippen molar-refractivity contribution in [3.05, 3.63) is 70.3 Å². The SMILES string of the molecule is CCCCN(CC(O)C(Cc1cc(F)cc(F)c1)NC(=O)c1cc(C(=O)N(C)C)cc(C(=O)N(CCC)CCC)c1)NC(=O)CC(C)C. The summed E-state index contributed by atoms with van der Waals surface area (Å²) in [6.07, 6.45) is 1.83. The Balaban J connectivity index is 2.52. The fraction of sp³-hybridized carbons (Fsp3) is 0.556. The minimum absolute atomic E-state index is 0.00898. The fourth-order valence-corrected chi connectivity index (χ4v) is 5.31. The van der Waals surface area contributed by atoms with Crippen LogP contribution in [0, 0.1) is 17.6 Å². The van der Waals surface area contributed by atoms with Crippen LogP contribution in [0.4, 0.5) is 8.78 Å². The molecule has 0 radical (unpaired) electrons. The second-order valence-corrected chi connectivity index (χ2v) is 12.9. The van der Waals surface area contributed by atoms with Crippen molar-refractivity contribution in [1.29, 1.82) is 0 Å². The van der Waals surface area contributed by atoms with Crippen molar-refractivity contribution in [3.63, 3.8) is 0 Å². The maximum Gasteiger partial charge on any atom is 0.253 e. The molecule has 0 aromatic heterocycles. The second-order valence-electron chi connectivity index (χ2n) is 12.9. The Morgan fingerprint density at radius 1 is 0.792 bits per heavy atom. The molecule has 12 heteroatoms. The summed E-state index contributed by atoms with van der Waals surface area (Å²) < 4.78 is 28.3. The summed E-state index contributed by atoms with van der Waals surface area (Å²) in [6, 6.07) is 6.16. The lowest BCUT2D eigenvalue weighted by atomic mass is 9.98. The fourth-order valence-electron chi connectivity index (χ4n) is 5.31. The Morgan fingerprint density at radius 2 is 1.35 bits per heavy atom. The third-order valence-corrected chi connectivity index (χ3v) is 7.59. The maximum atomic E-state index is 14.2. The predicted molar refractivity (Wildman–Crippen MR) is 182 cm³/mol. The number of nitrogens with one attached hydrogen (secondary N) is 2. The summed E-state index contributed by atoms with van der Waals surface area (Å²) in [5.41, 5.74) is 3.34. The third-order valence-electron chi connectivity index (χ3n) is 7.59. The standard InChI is InChI=1S/C36H53F2N5O5/c1-8-11-14-43(40-33(45)15-24(4)5)23-32(44)31(18-25-16-29(37)22-30(38)17-25)39-34(46)26-19-27(35(47)41(6)7)21-28(20-26)36(48)42(12-9-2)13-10-3/h16-17,19-22,24,31-32,44H,8-15,18,23H2,1-7H3,(H,39,46)(H,40,45). The molecule has 266 valence electrons. The first-order valence-corrected chi connectivity index (χ1v) is 16.8. The molecule has 2 atom stereocenters. The highest BCUT2D eigenvalue weighted by Crippen LogP contribution is 2.18. The van der Waals surface area contributed by atoms with Crippen molar-refractivity contribution in [2.45, 2.75) is 85.3 Å². The van der Waals surface area contributed by atoms with Crippen LogP contribution in [0.25, 0.3) is 0 Å². The molecule has 10 nitrogen and oxygen atoms in total. The number of aliphatic hydroxyl groups excluding tert-OH is 1. The Kier molecular flexibility index (Phi) is 16.6. The molecule has 2 aromatic rings. The number of hydrogen-bond donors (Lipinski definition) is 3. The molecule has 0 aliphatic rings. The Bertz CT molecular complexity index is 1360. The topological polar surface area (TPSA) is 122 Å². The number of amides is 4. The third kappa shape index (κ3) is 13.0. The zero-order chi connectivity index (χ0) is 36.0. The highest BCUT2D eigenvalue weighted by atomic mass is 19.1. The second kappa shape index (κ2) is 19.8. The van der Waals surface area contributed by atoms with Crippen molar-refractivity contribution < 1.29 is 33.1 Å². The molecule has 0 fully saturated rings. The lowest BCUT2D eigenvalue weighted by molar-refractivity contribution is -0.127. The van der Waals surface area contributed by atoms with E-state index in [1.807, 2.05) is 34.6 Å². The van der Waals surface area contributed by atoms with Gasteiger partial charge in [0.05, 0.1) is 12.1 Å². The van der Waals surface area contributed by atoms with Crippen LogP contribution in [0.2, 0.25) is 0 Å². The highest BCUT2D eigenvalue weighted by Gasteiger charge is 2.27. The summed E-state index contributed by atoms with van der Waals surface area (Å²) >= 11 is 0. The Labute approximate surface area is 283 Å². The van der Waals surface area contributed by atoms with Gasteiger partial charge in [-0.3, -0.25) is 24.6 Å². The number of halogens is 2. The molecule has 0 heterocycles. The van der Waals surface area contributed by atoms with E-state index in [0.29, 0.717) is 19.6 Å². The van der Waals surface area contributed by atoms with Crippen LogP contribution >= 0.6 is 0 Å². The van der Waals surface area contributed by atoms with Crippen LogP contribution in [0.5, 0.6) is 0 Å². The number of unbranched alkanes of at least 4 members (excludes halogenated alkanes) is 1. The number of hydrazine groups is 1. The van der Waals surface area contributed by atoms with Gasteiger partial charge in [-0.15, -0.1) is 0 Å². The van der Waals surface area contributed by atoms with Crippen molar-refractivity contribution in [1.82, 2.24) is 25.6 Å². The van der Waals surface area contributed by atoms with Gasteiger partial charge in [-0.25, -0.2) is 13.8 Å². The monoisotopic (exact) mass is 673 g/mol. The van der Waals surface area contributed by atoms with Crippen LogP contribution < -0.4 is 10.7 Å². The van der Waals surface area contributed by atoms with Gasteiger partial charge in [0.25, 0.3) is 17.7 Å². The first-order chi connectivity index (χ1) is 22.7. The molecule has 0 saturated heterocycles. The molecule has 0 spiro atoms. The zero-order valence-electron chi connectivity index (χ0n) is 29.4. The molecular weight excluding hydrogens is 620 g/mol. The molecule has 2 rings (SSSR count). The van der Waals surface area contributed by atoms with E-state index < -0.39 is 35.6 Å². The number of aliphatic hydroxyl groups is 1. The number of carbonyl (C=O) groups is 4. The van der Waals surface area contributed by atoms with Crippen LogP contribution in [-0.4, -0.2) is 96.0 Å². The van der Waals surface area contributed by atoms with Gasteiger partial charge in [0.15, 0.2) is 0 Å². The quantitative estimate of drug-likeness (QED) is 0.184. The van der Waals surface area contributed by atoms with Gasteiger partial charge in [-0.1, -0.05) is 41.0 Å². The van der Waals surface area contributed by atoms with Gasteiger partial charge in [-0.05, 0) is 67.5 Å². The molecule has 2 aromatic carbocycles. The minimum atomic E-state index is -1.30. The van der Waals surface area contributed by atoms with Gasteiger partial charge in [0.1, 0.15) is 11.6 Å². The van der Waals surface area contributed by atoms with E-state index in [0.717, 1.165) is 43.9 Å². The molecule has 4 amide bonds. The van der Waals surface area contributed by atoms with Crippen molar-refractivity contribution in [2.24, 2.45) is 5.92 Å². The molecular formula is C36H53F2N5O5. The van der Waals surface area contributed by atoms with E-state index in [1.54, 1.807) is 24.0 Å². The summed E-state index contributed by atoms with van der Waals surface area (Å²) in [5, 5.41) is 15.9. The summed E-state index contributed by atoms with van der Waals surface area (Å²) in [4.78, 5) is 56.1. The highest BCUT2D eigenvalue weighted by molar-refractivity contribution is 6.04. The molecule has 2 unspecified atom stereocenters.